The van der Waals surface area contributed by atoms with Crippen molar-refractivity contribution in [3.63, 3.8) is 0 Å². The lowest BCUT2D eigenvalue weighted by atomic mass is 10.4. The number of hydrogen-bond donors (Lipinski definition) is 1. The van der Waals surface area contributed by atoms with Crippen molar-refractivity contribution in [3.8, 4) is 0 Å². The van der Waals surface area contributed by atoms with Crippen LogP contribution < -0.4 is 5.73 Å². The average molecular weight is 151 g/mol. The minimum atomic E-state index is 0.553. The fourth-order valence-corrected chi connectivity index (χ4v) is 1.21. The van der Waals surface area contributed by atoms with Crippen molar-refractivity contribution in [2.24, 2.45) is 11.7 Å². The first-order chi connectivity index (χ1) is 5.38. The summed E-state index contributed by atoms with van der Waals surface area (Å²) in [7, 11) is 0. The first kappa shape index (κ1) is 6.85. The number of rotatable bonds is 3. The molecule has 3 nitrogen and oxygen atoms in total. The molecule has 1 aromatic heterocycles. The molecule has 0 atom stereocenters. The van der Waals surface area contributed by atoms with E-state index >= 15 is 0 Å². The summed E-state index contributed by atoms with van der Waals surface area (Å²) < 4.78 is 2.14. The van der Waals surface area contributed by atoms with Gasteiger partial charge in [-0.25, -0.2) is 4.98 Å². The SMILES string of the molecule is NCc1cn(CC2CC2)cn1. The van der Waals surface area contributed by atoms with Crippen molar-refractivity contribution < 1.29 is 0 Å². The van der Waals surface area contributed by atoms with Crippen LogP contribution in [0.15, 0.2) is 12.5 Å². The van der Waals surface area contributed by atoms with Gasteiger partial charge in [0.25, 0.3) is 0 Å². The number of hydrogen-bond acceptors (Lipinski definition) is 2. The van der Waals surface area contributed by atoms with Gasteiger partial charge < -0.3 is 10.3 Å². The van der Waals surface area contributed by atoms with Crippen molar-refractivity contribution in [2.75, 3.05) is 0 Å². The first-order valence-electron chi connectivity index (χ1n) is 4.09. The molecule has 2 rings (SSSR count). The lowest BCUT2D eigenvalue weighted by Gasteiger charge is -1.96. The second-order valence-electron chi connectivity index (χ2n) is 3.21. The van der Waals surface area contributed by atoms with Crippen LogP contribution in [0, 0.1) is 5.92 Å². The maximum absolute atomic E-state index is 5.43. The van der Waals surface area contributed by atoms with E-state index in [0.717, 1.165) is 18.2 Å². The van der Waals surface area contributed by atoms with Crippen molar-refractivity contribution in [3.05, 3.63) is 18.2 Å². The maximum atomic E-state index is 5.43. The smallest absolute Gasteiger partial charge is 0.0950 e. The van der Waals surface area contributed by atoms with Gasteiger partial charge in [-0.1, -0.05) is 0 Å². The molecule has 1 aliphatic carbocycles. The summed E-state index contributed by atoms with van der Waals surface area (Å²) in [5.74, 6) is 0.912. The molecule has 3 heteroatoms. The monoisotopic (exact) mass is 151 g/mol. The van der Waals surface area contributed by atoms with E-state index in [0.29, 0.717) is 6.54 Å². The summed E-state index contributed by atoms with van der Waals surface area (Å²) >= 11 is 0. The van der Waals surface area contributed by atoms with Crippen molar-refractivity contribution in [2.45, 2.75) is 25.9 Å². The zero-order valence-electron chi connectivity index (χ0n) is 6.53. The molecule has 1 aromatic rings. The minimum absolute atomic E-state index is 0.553. The Morgan fingerprint density at radius 3 is 3.00 bits per heavy atom. The highest BCUT2D eigenvalue weighted by atomic mass is 15.0. The van der Waals surface area contributed by atoms with E-state index in [1.54, 1.807) is 0 Å². The van der Waals surface area contributed by atoms with Crippen LogP contribution in [0.25, 0.3) is 0 Å². The summed E-state index contributed by atoms with van der Waals surface area (Å²) in [5, 5.41) is 0. The van der Waals surface area contributed by atoms with Crippen LogP contribution in [-0.4, -0.2) is 9.55 Å². The molecule has 0 aromatic carbocycles. The molecule has 0 unspecified atom stereocenters. The van der Waals surface area contributed by atoms with Crippen LogP contribution in [0.1, 0.15) is 18.5 Å². The van der Waals surface area contributed by atoms with E-state index in [1.165, 1.54) is 12.8 Å². The fourth-order valence-electron chi connectivity index (χ4n) is 1.21. The average Bonchev–Trinajstić information content (AvgIpc) is 2.68. The summed E-state index contributed by atoms with van der Waals surface area (Å²) in [6, 6.07) is 0. The van der Waals surface area contributed by atoms with Gasteiger partial charge in [0.1, 0.15) is 0 Å². The Hall–Kier alpha value is -0.830. The lowest BCUT2D eigenvalue weighted by Crippen LogP contribution is -1.97. The zero-order chi connectivity index (χ0) is 7.68. The molecule has 1 heterocycles. The third kappa shape index (κ3) is 1.60. The zero-order valence-corrected chi connectivity index (χ0v) is 6.53. The van der Waals surface area contributed by atoms with Gasteiger partial charge >= 0.3 is 0 Å². The first-order valence-corrected chi connectivity index (χ1v) is 4.09. The summed E-state index contributed by atoms with van der Waals surface area (Å²) in [5.41, 5.74) is 6.43. The Labute approximate surface area is 66.2 Å². The molecular formula is C8H13N3. The van der Waals surface area contributed by atoms with Gasteiger partial charge in [-0.15, -0.1) is 0 Å². The highest BCUT2D eigenvalue weighted by molar-refractivity contribution is 4.96. The Balaban J connectivity index is 1.99. The van der Waals surface area contributed by atoms with Crippen molar-refractivity contribution >= 4 is 0 Å². The third-order valence-electron chi connectivity index (χ3n) is 2.06. The van der Waals surface area contributed by atoms with Gasteiger partial charge in [0.15, 0.2) is 0 Å². The van der Waals surface area contributed by atoms with Crippen LogP contribution in [0.2, 0.25) is 0 Å². The van der Waals surface area contributed by atoms with E-state index in [-0.39, 0.29) is 0 Å². The molecule has 60 valence electrons. The fraction of sp³-hybridized carbons (Fsp3) is 0.625. The van der Waals surface area contributed by atoms with E-state index < -0.39 is 0 Å². The number of nitrogens with zero attached hydrogens (tertiary/aromatic N) is 2. The van der Waals surface area contributed by atoms with Gasteiger partial charge in [0.05, 0.1) is 12.0 Å². The van der Waals surface area contributed by atoms with Crippen LogP contribution in [0.5, 0.6) is 0 Å². The van der Waals surface area contributed by atoms with Gasteiger partial charge in [0.2, 0.25) is 0 Å². The predicted molar refractivity (Wildman–Crippen MR) is 42.8 cm³/mol. The molecule has 0 radical (unpaired) electrons. The predicted octanol–water partition coefficient (Wildman–Crippen LogP) is 0.752. The quantitative estimate of drug-likeness (QED) is 0.692. The molecule has 0 bridgehead atoms. The highest BCUT2D eigenvalue weighted by Gasteiger charge is 2.21. The molecule has 0 spiro atoms. The number of aromatic nitrogens is 2. The van der Waals surface area contributed by atoms with E-state index in [9.17, 15) is 0 Å². The van der Waals surface area contributed by atoms with E-state index in [2.05, 4.69) is 9.55 Å². The molecule has 0 aliphatic heterocycles. The summed E-state index contributed by atoms with van der Waals surface area (Å²) in [4.78, 5) is 4.15. The van der Waals surface area contributed by atoms with Gasteiger partial charge in [-0.2, -0.15) is 0 Å². The normalized spacial score (nSPS) is 17.2. The Morgan fingerprint density at radius 2 is 2.45 bits per heavy atom. The molecular weight excluding hydrogens is 138 g/mol. The maximum Gasteiger partial charge on any atom is 0.0950 e. The summed E-state index contributed by atoms with van der Waals surface area (Å²) in [6.45, 7) is 1.69. The molecule has 11 heavy (non-hydrogen) atoms. The number of nitrogens with two attached hydrogens (primary N) is 1. The molecule has 1 aliphatic rings. The second-order valence-corrected chi connectivity index (χ2v) is 3.21. The van der Waals surface area contributed by atoms with Crippen molar-refractivity contribution in [1.29, 1.82) is 0 Å². The second kappa shape index (κ2) is 2.66. The van der Waals surface area contributed by atoms with E-state index in [1.807, 2.05) is 12.5 Å². The number of imidazole rings is 1. The molecule has 2 N–H and O–H groups in total. The van der Waals surface area contributed by atoms with Crippen molar-refractivity contribution in [1.82, 2.24) is 9.55 Å². The van der Waals surface area contributed by atoms with Crippen LogP contribution in [0.4, 0.5) is 0 Å². The van der Waals surface area contributed by atoms with Crippen LogP contribution in [-0.2, 0) is 13.1 Å². The summed E-state index contributed by atoms with van der Waals surface area (Å²) in [6.07, 6.45) is 6.69. The largest absolute Gasteiger partial charge is 0.337 e. The van der Waals surface area contributed by atoms with Gasteiger partial charge in [0, 0.05) is 19.3 Å². The van der Waals surface area contributed by atoms with Gasteiger partial charge in [-0.05, 0) is 18.8 Å². The standard InChI is InChI=1S/C8H13N3/c9-3-8-5-11(6-10-8)4-7-1-2-7/h5-7H,1-4,9H2. The lowest BCUT2D eigenvalue weighted by molar-refractivity contribution is 0.626. The molecule has 0 saturated heterocycles. The minimum Gasteiger partial charge on any atom is -0.337 e. The molecule has 1 saturated carbocycles. The third-order valence-corrected chi connectivity index (χ3v) is 2.06. The van der Waals surface area contributed by atoms with Gasteiger partial charge in [-0.3, -0.25) is 0 Å². The molecule has 1 fully saturated rings. The Morgan fingerprint density at radius 1 is 1.64 bits per heavy atom. The van der Waals surface area contributed by atoms with E-state index in [4.69, 9.17) is 5.73 Å². The highest BCUT2D eigenvalue weighted by Crippen LogP contribution is 2.30. The Kier molecular flexibility index (Phi) is 1.66. The topological polar surface area (TPSA) is 43.8 Å². The Bertz CT molecular complexity index is 237. The van der Waals surface area contributed by atoms with Crippen LogP contribution >= 0.6 is 0 Å². The van der Waals surface area contributed by atoms with Crippen LogP contribution in [0.3, 0.4) is 0 Å². The molecule has 0 amide bonds.